The minimum Gasteiger partial charge on any atom is -0.310 e. The summed E-state index contributed by atoms with van der Waals surface area (Å²) in [6.45, 7) is 4.77. The molecule has 0 unspecified atom stereocenters. The predicted molar refractivity (Wildman–Crippen MR) is 232 cm³/mol. The van der Waals surface area contributed by atoms with Gasteiger partial charge in [0.1, 0.15) is 0 Å². The third-order valence-electron chi connectivity index (χ3n) is 13.2. The van der Waals surface area contributed by atoms with Crippen LogP contribution in [0.15, 0.2) is 176 Å². The molecule has 0 N–H and O–H groups in total. The lowest BCUT2D eigenvalue weighted by molar-refractivity contribution is 0.550. The molecule has 3 aliphatic carbocycles. The monoisotopic (exact) mass is 705 g/mol. The Kier molecular flexibility index (Phi) is 7.14. The van der Waals surface area contributed by atoms with Gasteiger partial charge >= 0.3 is 0 Å². The van der Waals surface area contributed by atoms with Crippen molar-refractivity contribution in [1.29, 1.82) is 0 Å². The predicted octanol–water partition coefficient (Wildman–Crippen LogP) is 14.8. The Morgan fingerprint density at radius 3 is 1.82 bits per heavy atom. The van der Waals surface area contributed by atoms with Crippen molar-refractivity contribution in [3.05, 3.63) is 198 Å². The molecule has 0 aliphatic heterocycles. The standard InChI is InChI=1S/C54H43N/c1-53(2)49-24-7-5-20-46(49)48-23-13-22-44(52(48)53)38-16-11-17-40(34-38)55(39-28-26-37(27-29-39)43-21-12-15-36-14-3-4-18-42(36)43)41-30-31-47-45-19-6-8-25-50(45)54(51(47)35-41)32-9-10-33-54/h3-8,11-31,34-35H,9-10,32-33H2,1-2H3. The summed E-state index contributed by atoms with van der Waals surface area (Å²) in [5.41, 5.74) is 19.9. The zero-order valence-electron chi connectivity index (χ0n) is 31.5. The molecule has 1 spiro atoms. The highest BCUT2D eigenvalue weighted by Gasteiger charge is 2.45. The van der Waals surface area contributed by atoms with E-state index in [0.717, 1.165) is 11.4 Å². The summed E-state index contributed by atoms with van der Waals surface area (Å²) >= 11 is 0. The number of nitrogens with zero attached hydrogens (tertiary/aromatic N) is 1. The Morgan fingerprint density at radius 1 is 0.400 bits per heavy atom. The van der Waals surface area contributed by atoms with Gasteiger partial charge in [0.25, 0.3) is 0 Å². The fourth-order valence-corrected chi connectivity index (χ4v) is 10.7. The second kappa shape index (κ2) is 12.2. The van der Waals surface area contributed by atoms with Crippen molar-refractivity contribution in [3.8, 4) is 44.5 Å². The van der Waals surface area contributed by atoms with Gasteiger partial charge in [0.2, 0.25) is 0 Å². The summed E-state index contributed by atoms with van der Waals surface area (Å²) < 4.78 is 0. The zero-order chi connectivity index (χ0) is 36.7. The quantitative estimate of drug-likeness (QED) is 0.172. The summed E-state index contributed by atoms with van der Waals surface area (Å²) in [5, 5.41) is 2.55. The van der Waals surface area contributed by atoms with E-state index in [1.54, 1.807) is 0 Å². The van der Waals surface area contributed by atoms with Gasteiger partial charge in [-0.15, -0.1) is 0 Å². The molecule has 55 heavy (non-hydrogen) atoms. The number of fused-ring (bicyclic) bond motifs is 9. The van der Waals surface area contributed by atoms with Crippen molar-refractivity contribution in [2.75, 3.05) is 4.90 Å². The van der Waals surface area contributed by atoms with Gasteiger partial charge in [-0.2, -0.15) is 0 Å². The van der Waals surface area contributed by atoms with Gasteiger partial charge in [-0.25, -0.2) is 0 Å². The molecule has 11 rings (SSSR count). The van der Waals surface area contributed by atoms with Crippen LogP contribution >= 0.6 is 0 Å². The SMILES string of the molecule is CC1(C)c2ccccc2-c2cccc(-c3cccc(N(c4ccc(-c5cccc6ccccc56)cc4)c4ccc5c(c4)C4(CCCC4)c4ccccc4-5)c3)c21. The van der Waals surface area contributed by atoms with Crippen LogP contribution in [0, 0.1) is 0 Å². The Labute approximate surface area is 324 Å². The highest BCUT2D eigenvalue weighted by Crippen LogP contribution is 2.58. The first-order chi connectivity index (χ1) is 27.0. The molecular formula is C54H43N. The first-order valence-electron chi connectivity index (χ1n) is 20.0. The van der Waals surface area contributed by atoms with Gasteiger partial charge in [0.05, 0.1) is 0 Å². The van der Waals surface area contributed by atoms with Crippen LogP contribution in [0.25, 0.3) is 55.3 Å². The second-order valence-corrected chi connectivity index (χ2v) is 16.4. The summed E-state index contributed by atoms with van der Waals surface area (Å²) in [5.74, 6) is 0. The molecule has 0 saturated heterocycles. The maximum atomic E-state index is 2.53. The average Bonchev–Trinajstić information content (AvgIpc) is 3.91. The summed E-state index contributed by atoms with van der Waals surface area (Å²) in [6, 6.07) is 66.1. The lowest BCUT2D eigenvalue weighted by Crippen LogP contribution is -2.21. The summed E-state index contributed by atoms with van der Waals surface area (Å²) in [6.07, 6.45) is 4.99. The summed E-state index contributed by atoms with van der Waals surface area (Å²) in [4.78, 5) is 2.49. The normalized spacial score (nSPS) is 15.5. The molecule has 3 aliphatic rings. The van der Waals surface area contributed by atoms with Crippen LogP contribution in [0.1, 0.15) is 61.8 Å². The van der Waals surface area contributed by atoms with Gasteiger partial charge in [-0.05, 0) is 127 Å². The minimum atomic E-state index is -0.0970. The molecule has 0 atom stereocenters. The van der Waals surface area contributed by atoms with Crippen LogP contribution in [0.2, 0.25) is 0 Å². The maximum Gasteiger partial charge on any atom is 0.0467 e. The second-order valence-electron chi connectivity index (χ2n) is 16.4. The molecular weight excluding hydrogens is 663 g/mol. The molecule has 0 bridgehead atoms. The van der Waals surface area contributed by atoms with E-state index in [4.69, 9.17) is 0 Å². The third kappa shape index (κ3) is 4.79. The molecule has 8 aromatic rings. The minimum absolute atomic E-state index is 0.0961. The molecule has 8 aromatic carbocycles. The molecule has 1 heteroatoms. The number of hydrogen-bond acceptors (Lipinski definition) is 1. The average molecular weight is 706 g/mol. The van der Waals surface area contributed by atoms with Crippen LogP contribution < -0.4 is 4.90 Å². The van der Waals surface area contributed by atoms with E-state index >= 15 is 0 Å². The highest BCUT2D eigenvalue weighted by molar-refractivity contribution is 5.97. The molecule has 1 saturated carbocycles. The molecule has 1 nitrogen and oxygen atoms in total. The maximum absolute atomic E-state index is 2.53. The highest BCUT2D eigenvalue weighted by atomic mass is 15.1. The van der Waals surface area contributed by atoms with E-state index in [2.05, 4.69) is 195 Å². The third-order valence-corrected chi connectivity index (χ3v) is 13.2. The van der Waals surface area contributed by atoms with Crippen LogP contribution in [0.3, 0.4) is 0 Å². The first-order valence-corrected chi connectivity index (χ1v) is 20.0. The topological polar surface area (TPSA) is 3.24 Å². The Morgan fingerprint density at radius 2 is 0.982 bits per heavy atom. The molecule has 0 amide bonds. The van der Waals surface area contributed by atoms with E-state index in [1.807, 2.05) is 0 Å². The van der Waals surface area contributed by atoms with Crippen LogP contribution in [-0.4, -0.2) is 0 Å². The van der Waals surface area contributed by atoms with E-state index in [9.17, 15) is 0 Å². The van der Waals surface area contributed by atoms with Crippen molar-refractivity contribution < 1.29 is 0 Å². The molecule has 0 radical (unpaired) electrons. The Hall–Kier alpha value is -6.18. The number of benzene rings is 8. The van der Waals surface area contributed by atoms with Gasteiger partial charge in [0, 0.05) is 27.9 Å². The fourth-order valence-electron chi connectivity index (χ4n) is 10.7. The Bertz CT molecular complexity index is 2790. The van der Waals surface area contributed by atoms with Crippen LogP contribution in [0.4, 0.5) is 17.1 Å². The molecule has 264 valence electrons. The first kappa shape index (κ1) is 32.3. The smallest absolute Gasteiger partial charge is 0.0467 e. The lowest BCUT2D eigenvalue weighted by Gasteiger charge is -2.30. The van der Waals surface area contributed by atoms with Gasteiger partial charge < -0.3 is 4.90 Å². The molecule has 0 heterocycles. The molecule has 0 aromatic heterocycles. The van der Waals surface area contributed by atoms with E-state index in [-0.39, 0.29) is 10.8 Å². The van der Waals surface area contributed by atoms with Gasteiger partial charge in [0.15, 0.2) is 0 Å². The van der Waals surface area contributed by atoms with E-state index in [1.165, 1.54) is 109 Å². The van der Waals surface area contributed by atoms with Crippen LogP contribution in [0.5, 0.6) is 0 Å². The van der Waals surface area contributed by atoms with E-state index in [0.29, 0.717) is 0 Å². The molecule has 1 fully saturated rings. The number of rotatable bonds is 5. The fraction of sp³-hybridized carbons (Fsp3) is 0.148. The van der Waals surface area contributed by atoms with Gasteiger partial charge in [-0.3, -0.25) is 0 Å². The summed E-state index contributed by atoms with van der Waals surface area (Å²) in [7, 11) is 0. The number of anilines is 3. The lowest BCUT2D eigenvalue weighted by atomic mass is 9.76. The van der Waals surface area contributed by atoms with Crippen molar-refractivity contribution in [2.24, 2.45) is 0 Å². The van der Waals surface area contributed by atoms with E-state index < -0.39 is 0 Å². The zero-order valence-corrected chi connectivity index (χ0v) is 31.5. The van der Waals surface area contributed by atoms with Crippen molar-refractivity contribution in [2.45, 2.75) is 50.4 Å². The largest absolute Gasteiger partial charge is 0.310 e. The van der Waals surface area contributed by atoms with Crippen molar-refractivity contribution in [3.63, 3.8) is 0 Å². The van der Waals surface area contributed by atoms with Crippen molar-refractivity contribution >= 4 is 27.8 Å². The van der Waals surface area contributed by atoms with Crippen molar-refractivity contribution in [1.82, 2.24) is 0 Å². The van der Waals surface area contributed by atoms with Crippen LogP contribution in [-0.2, 0) is 10.8 Å². The van der Waals surface area contributed by atoms with Gasteiger partial charge in [-0.1, -0.05) is 166 Å². The Balaban J connectivity index is 1.08. The number of hydrogen-bond donors (Lipinski definition) is 0.